The van der Waals surface area contributed by atoms with Crippen molar-refractivity contribution in [1.29, 1.82) is 0 Å². The van der Waals surface area contributed by atoms with E-state index in [0.29, 0.717) is 0 Å². The molecule has 92 valence electrons. The van der Waals surface area contributed by atoms with Crippen LogP contribution in [-0.2, 0) is 5.41 Å². The Morgan fingerprint density at radius 3 is 2.56 bits per heavy atom. The number of hydrogen-bond donors (Lipinski definition) is 1. The molecule has 0 unspecified atom stereocenters. The van der Waals surface area contributed by atoms with Gasteiger partial charge in [0.15, 0.2) is 0 Å². The normalized spacial score (nSPS) is 16.3. The average Bonchev–Trinajstić information content (AvgIpc) is 3.22. The standard InChI is InChI=1S/C14H14BrN3/c1-16-12-11(15)9-17-13(18-12)14(7-8-14)10-5-3-2-4-6-10/h2-6,9H,7-8H2,1H3,(H,16,17,18). The van der Waals surface area contributed by atoms with Crippen LogP contribution in [0.4, 0.5) is 5.82 Å². The van der Waals surface area contributed by atoms with Crippen molar-refractivity contribution in [2.24, 2.45) is 0 Å². The summed E-state index contributed by atoms with van der Waals surface area (Å²) in [5.74, 6) is 1.77. The van der Waals surface area contributed by atoms with Gasteiger partial charge in [0.05, 0.1) is 9.89 Å². The molecule has 18 heavy (non-hydrogen) atoms. The van der Waals surface area contributed by atoms with Gasteiger partial charge in [0, 0.05) is 13.2 Å². The highest BCUT2D eigenvalue weighted by atomic mass is 79.9. The lowest BCUT2D eigenvalue weighted by atomic mass is 9.95. The molecule has 1 aliphatic carbocycles. The predicted octanol–water partition coefficient (Wildman–Crippen LogP) is 3.36. The quantitative estimate of drug-likeness (QED) is 0.945. The van der Waals surface area contributed by atoms with E-state index in [2.05, 4.69) is 55.5 Å². The molecule has 3 rings (SSSR count). The molecule has 2 aromatic rings. The van der Waals surface area contributed by atoms with E-state index >= 15 is 0 Å². The topological polar surface area (TPSA) is 37.8 Å². The highest BCUT2D eigenvalue weighted by molar-refractivity contribution is 9.10. The maximum Gasteiger partial charge on any atom is 0.143 e. The predicted molar refractivity (Wildman–Crippen MR) is 75.7 cm³/mol. The average molecular weight is 304 g/mol. The first-order valence-corrected chi connectivity index (χ1v) is 6.82. The summed E-state index contributed by atoms with van der Waals surface area (Å²) in [6, 6.07) is 10.5. The van der Waals surface area contributed by atoms with Gasteiger partial charge < -0.3 is 5.32 Å². The van der Waals surface area contributed by atoms with Crippen molar-refractivity contribution in [3.63, 3.8) is 0 Å². The zero-order valence-corrected chi connectivity index (χ0v) is 11.7. The van der Waals surface area contributed by atoms with Gasteiger partial charge in [0.25, 0.3) is 0 Å². The second kappa shape index (κ2) is 4.35. The summed E-state index contributed by atoms with van der Waals surface area (Å²) in [5.41, 5.74) is 1.35. The third-order valence-corrected chi connectivity index (χ3v) is 4.07. The number of halogens is 1. The molecule has 0 saturated heterocycles. The molecule has 1 aromatic carbocycles. The zero-order chi connectivity index (χ0) is 12.6. The zero-order valence-electron chi connectivity index (χ0n) is 10.2. The highest BCUT2D eigenvalue weighted by Crippen LogP contribution is 2.52. The molecule has 1 aliphatic rings. The van der Waals surface area contributed by atoms with Crippen LogP contribution >= 0.6 is 15.9 Å². The lowest BCUT2D eigenvalue weighted by Gasteiger charge is -2.15. The molecule has 1 heterocycles. The first kappa shape index (κ1) is 11.7. The summed E-state index contributed by atoms with van der Waals surface area (Å²) in [6.07, 6.45) is 4.08. The van der Waals surface area contributed by atoms with Gasteiger partial charge >= 0.3 is 0 Å². The summed E-state index contributed by atoms with van der Waals surface area (Å²) in [6.45, 7) is 0. The first-order chi connectivity index (χ1) is 8.76. The molecule has 0 spiro atoms. The number of nitrogens with zero attached hydrogens (tertiary/aromatic N) is 2. The molecule has 1 N–H and O–H groups in total. The fourth-order valence-corrected chi connectivity index (χ4v) is 2.69. The van der Waals surface area contributed by atoms with Crippen LogP contribution in [0.2, 0.25) is 0 Å². The van der Waals surface area contributed by atoms with Crippen molar-refractivity contribution in [2.45, 2.75) is 18.3 Å². The van der Waals surface area contributed by atoms with Crippen molar-refractivity contribution in [3.8, 4) is 0 Å². The van der Waals surface area contributed by atoms with E-state index in [9.17, 15) is 0 Å². The monoisotopic (exact) mass is 303 g/mol. The van der Waals surface area contributed by atoms with Crippen LogP contribution in [0.15, 0.2) is 41.0 Å². The van der Waals surface area contributed by atoms with Gasteiger partial charge in [-0.25, -0.2) is 9.97 Å². The fraction of sp³-hybridized carbons (Fsp3) is 0.286. The lowest BCUT2D eigenvalue weighted by Crippen LogP contribution is -2.14. The molecule has 0 aliphatic heterocycles. The molecule has 1 fully saturated rings. The summed E-state index contributed by atoms with van der Waals surface area (Å²) >= 11 is 3.45. The van der Waals surface area contributed by atoms with E-state index in [1.807, 2.05) is 19.3 Å². The van der Waals surface area contributed by atoms with E-state index in [-0.39, 0.29) is 5.41 Å². The molecule has 4 heteroatoms. The number of benzene rings is 1. The van der Waals surface area contributed by atoms with Crippen LogP contribution in [0.25, 0.3) is 0 Å². The minimum absolute atomic E-state index is 0.0353. The Bertz CT molecular complexity index is 565. The molecule has 1 saturated carbocycles. The third-order valence-electron chi connectivity index (χ3n) is 3.49. The van der Waals surface area contributed by atoms with Crippen LogP contribution in [0.3, 0.4) is 0 Å². The summed E-state index contributed by atoms with van der Waals surface area (Å²) in [5, 5.41) is 3.09. The van der Waals surface area contributed by atoms with Gasteiger partial charge in [-0.05, 0) is 34.3 Å². The van der Waals surface area contributed by atoms with Crippen LogP contribution < -0.4 is 5.32 Å². The van der Waals surface area contributed by atoms with Crippen molar-refractivity contribution in [1.82, 2.24) is 9.97 Å². The smallest absolute Gasteiger partial charge is 0.143 e. The largest absolute Gasteiger partial charge is 0.372 e. The van der Waals surface area contributed by atoms with Crippen molar-refractivity contribution < 1.29 is 0 Å². The Morgan fingerprint density at radius 1 is 1.22 bits per heavy atom. The molecular formula is C14H14BrN3. The Hall–Kier alpha value is -1.42. The highest BCUT2D eigenvalue weighted by Gasteiger charge is 2.48. The maximum atomic E-state index is 4.63. The third kappa shape index (κ3) is 1.81. The molecule has 0 amide bonds. The van der Waals surface area contributed by atoms with Gasteiger partial charge in [0.2, 0.25) is 0 Å². The van der Waals surface area contributed by atoms with E-state index in [1.165, 1.54) is 5.56 Å². The molecule has 3 nitrogen and oxygen atoms in total. The van der Waals surface area contributed by atoms with Gasteiger partial charge in [-0.3, -0.25) is 0 Å². The SMILES string of the molecule is CNc1nc(C2(c3ccccc3)CC2)ncc1Br. The van der Waals surface area contributed by atoms with Gasteiger partial charge in [-0.2, -0.15) is 0 Å². The van der Waals surface area contributed by atoms with E-state index < -0.39 is 0 Å². The summed E-state index contributed by atoms with van der Waals surface area (Å²) in [4.78, 5) is 9.13. The number of rotatable bonds is 3. The van der Waals surface area contributed by atoms with E-state index in [1.54, 1.807) is 0 Å². The Kier molecular flexibility index (Phi) is 2.82. The number of hydrogen-bond acceptors (Lipinski definition) is 3. The van der Waals surface area contributed by atoms with Gasteiger partial charge in [-0.15, -0.1) is 0 Å². The Labute approximate surface area is 115 Å². The molecule has 0 atom stereocenters. The lowest BCUT2D eigenvalue weighted by molar-refractivity contribution is 0.754. The van der Waals surface area contributed by atoms with E-state index in [0.717, 1.165) is 29.0 Å². The van der Waals surface area contributed by atoms with Crippen molar-refractivity contribution in [3.05, 3.63) is 52.4 Å². The number of anilines is 1. The maximum absolute atomic E-state index is 4.63. The second-order valence-corrected chi connectivity index (χ2v) is 5.44. The second-order valence-electron chi connectivity index (χ2n) is 4.59. The van der Waals surface area contributed by atoms with Crippen LogP contribution in [0.1, 0.15) is 24.2 Å². The Balaban J connectivity index is 2.05. The van der Waals surface area contributed by atoms with Gasteiger partial charge in [-0.1, -0.05) is 30.3 Å². The molecule has 1 aromatic heterocycles. The van der Waals surface area contributed by atoms with E-state index in [4.69, 9.17) is 0 Å². The van der Waals surface area contributed by atoms with Crippen LogP contribution in [0, 0.1) is 0 Å². The van der Waals surface area contributed by atoms with Gasteiger partial charge in [0.1, 0.15) is 11.6 Å². The number of aromatic nitrogens is 2. The summed E-state index contributed by atoms with van der Waals surface area (Å²) in [7, 11) is 1.87. The molecular weight excluding hydrogens is 290 g/mol. The van der Waals surface area contributed by atoms with Crippen LogP contribution in [0.5, 0.6) is 0 Å². The fourth-order valence-electron chi connectivity index (χ4n) is 2.30. The molecule has 0 radical (unpaired) electrons. The number of nitrogens with one attached hydrogen (secondary N) is 1. The minimum Gasteiger partial charge on any atom is -0.372 e. The minimum atomic E-state index is 0.0353. The molecule has 0 bridgehead atoms. The van der Waals surface area contributed by atoms with Crippen molar-refractivity contribution in [2.75, 3.05) is 12.4 Å². The van der Waals surface area contributed by atoms with Crippen molar-refractivity contribution >= 4 is 21.7 Å². The summed E-state index contributed by atoms with van der Waals surface area (Å²) < 4.78 is 0.901. The van der Waals surface area contributed by atoms with Crippen LogP contribution in [-0.4, -0.2) is 17.0 Å². The first-order valence-electron chi connectivity index (χ1n) is 6.02. The Morgan fingerprint density at radius 2 is 1.94 bits per heavy atom.